The molecule has 1 unspecified atom stereocenters. The lowest BCUT2D eigenvalue weighted by Gasteiger charge is -2.14. The summed E-state index contributed by atoms with van der Waals surface area (Å²) in [5.41, 5.74) is 0. The van der Waals surface area contributed by atoms with E-state index < -0.39 is 10.8 Å². The second-order valence-corrected chi connectivity index (χ2v) is 4.59. The lowest BCUT2D eigenvalue weighted by atomic mass is 10.4. The van der Waals surface area contributed by atoms with Gasteiger partial charge >= 0.3 is 0 Å². The SMILES string of the molecule is CCCS(=O)CC(=O)N(C)CCC#N. The van der Waals surface area contributed by atoms with Crippen LogP contribution in [0.15, 0.2) is 0 Å². The molecule has 0 aromatic rings. The molecule has 5 heteroatoms. The van der Waals surface area contributed by atoms with Crippen molar-refractivity contribution in [2.75, 3.05) is 25.1 Å². The predicted octanol–water partition coefficient (Wildman–Crippen LogP) is 0.517. The Hall–Kier alpha value is -0.890. The molecule has 14 heavy (non-hydrogen) atoms. The molecule has 0 N–H and O–H groups in total. The second kappa shape index (κ2) is 7.51. The molecular formula is C9H16N2O2S. The van der Waals surface area contributed by atoms with Crippen LogP contribution in [0.2, 0.25) is 0 Å². The molecule has 0 aliphatic carbocycles. The van der Waals surface area contributed by atoms with E-state index in [0.29, 0.717) is 18.7 Å². The van der Waals surface area contributed by atoms with Crippen LogP contribution in [0.5, 0.6) is 0 Å². The van der Waals surface area contributed by atoms with Gasteiger partial charge in [-0.3, -0.25) is 9.00 Å². The molecule has 0 saturated heterocycles. The van der Waals surface area contributed by atoms with Gasteiger partial charge in [0.2, 0.25) is 5.91 Å². The summed E-state index contributed by atoms with van der Waals surface area (Å²) in [6, 6.07) is 1.96. The molecule has 4 nitrogen and oxygen atoms in total. The van der Waals surface area contributed by atoms with Crippen molar-refractivity contribution in [1.29, 1.82) is 5.26 Å². The molecule has 0 spiro atoms. The Kier molecular flexibility index (Phi) is 7.03. The summed E-state index contributed by atoms with van der Waals surface area (Å²) in [6.07, 6.45) is 1.14. The first-order chi connectivity index (χ1) is 6.61. The van der Waals surface area contributed by atoms with Crippen LogP contribution >= 0.6 is 0 Å². The van der Waals surface area contributed by atoms with Crippen LogP contribution in [-0.4, -0.2) is 40.1 Å². The largest absolute Gasteiger partial charge is 0.344 e. The van der Waals surface area contributed by atoms with Crippen LogP contribution in [0, 0.1) is 11.3 Å². The fourth-order valence-corrected chi connectivity index (χ4v) is 1.99. The predicted molar refractivity (Wildman–Crippen MR) is 56.0 cm³/mol. The van der Waals surface area contributed by atoms with Gasteiger partial charge in [0.25, 0.3) is 0 Å². The highest BCUT2D eigenvalue weighted by Gasteiger charge is 2.11. The van der Waals surface area contributed by atoms with E-state index in [-0.39, 0.29) is 11.7 Å². The van der Waals surface area contributed by atoms with E-state index >= 15 is 0 Å². The molecule has 1 atom stereocenters. The van der Waals surface area contributed by atoms with Crippen LogP contribution in [-0.2, 0) is 15.6 Å². The summed E-state index contributed by atoms with van der Waals surface area (Å²) in [5.74, 6) is 0.500. The minimum Gasteiger partial charge on any atom is -0.344 e. The van der Waals surface area contributed by atoms with Gasteiger partial charge in [-0.1, -0.05) is 6.92 Å². The average Bonchev–Trinajstić information content (AvgIpc) is 2.14. The van der Waals surface area contributed by atoms with Crippen molar-refractivity contribution < 1.29 is 9.00 Å². The Bertz CT molecular complexity index is 248. The van der Waals surface area contributed by atoms with Gasteiger partial charge in [0.05, 0.1) is 12.5 Å². The molecule has 80 valence electrons. The smallest absolute Gasteiger partial charge is 0.234 e. The normalized spacial score (nSPS) is 11.8. The lowest BCUT2D eigenvalue weighted by Crippen LogP contribution is -2.32. The molecule has 0 rings (SSSR count). The van der Waals surface area contributed by atoms with E-state index in [0.717, 1.165) is 6.42 Å². The Morgan fingerprint density at radius 1 is 1.57 bits per heavy atom. The summed E-state index contributed by atoms with van der Waals surface area (Å²) in [7, 11) is 0.577. The van der Waals surface area contributed by atoms with Crippen molar-refractivity contribution >= 4 is 16.7 Å². The molecule has 0 heterocycles. The van der Waals surface area contributed by atoms with Crippen molar-refractivity contribution in [3.05, 3.63) is 0 Å². The number of carbonyl (C=O) groups is 1. The molecule has 0 fully saturated rings. The molecule has 0 aromatic carbocycles. The van der Waals surface area contributed by atoms with Crippen molar-refractivity contribution in [3.63, 3.8) is 0 Å². The average molecular weight is 216 g/mol. The van der Waals surface area contributed by atoms with Crippen LogP contribution in [0.1, 0.15) is 19.8 Å². The fraction of sp³-hybridized carbons (Fsp3) is 0.778. The number of amides is 1. The quantitative estimate of drug-likeness (QED) is 0.650. The summed E-state index contributed by atoms with van der Waals surface area (Å²) in [4.78, 5) is 12.8. The summed E-state index contributed by atoms with van der Waals surface area (Å²) >= 11 is 0. The maximum atomic E-state index is 11.4. The van der Waals surface area contributed by atoms with Gasteiger partial charge < -0.3 is 4.90 Å². The van der Waals surface area contributed by atoms with E-state index in [4.69, 9.17) is 5.26 Å². The van der Waals surface area contributed by atoms with Crippen LogP contribution in [0.25, 0.3) is 0 Å². The zero-order valence-electron chi connectivity index (χ0n) is 8.65. The number of nitriles is 1. The van der Waals surface area contributed by atoms with Crippen LogP contribution in [0.4, 0.5) is 0 Å². The Morgan fingerprint density at radius 3 is 2.71 bits per heavy atom. The molecule has 0 aromatic heterocycles. The number of hydrogen-bond acceptors (Lipinski definition) is 3. The van der Waals surface area contributed by atoms with Crippen molar-refractivity contribution in [2.45, 2.75) is 19.8 Å². The molecule has 0 bridgehead atoms. The van der Waals surface area contributed by atoms with E-state index in [1.807, 2.05) is 13.0 Å². The molecule has 0 saturated carbocycles. The van der Waals surface area contributed by atoms with E-state index in [1.165, 1.54) is 4.90 Å². The summed E-state index contributed by atoms with van der Waals surface area (Å²) in [6.45, 7) is 2.35. The third kappa shape index (κ3) is 5.70. The first kappa shape index (κ1) is 13.1. The van der Waals surface area contributed by atoms with Gasteiger partial charge in [-0.2, -0.15) is 5.26 Å². The first-order valence-corrected chi connectivity index (χ1v) is 6.06. The zero-order chi connectivity index (χ0) is 11.0. The minimum atomic E-state index is -1.05. The van der Waals surface area contributed by atoms with Gasteiger partial charge in [-0.25, -0.2) is 0 Å². The maximum Gasteiger partial charge on any atom is 0.234 e. The highest BCUT2D eigenvalue weighted by Crippen LogP contribution is 1.93. The van der Waals surface area contributed by atoms with Gasteiger partial charge in [0.1, 0.15) is 5.75 Å². The third-order valence-corrected chi connectivity index (χ3v) is 3.13. The van der Waals surface area contributed by atoms with Crippen LogP contribution < -0.4 is 0 Å². The van der Waals surface area contributed by atoms with Crippen molar-refractivity contribution in [3.8, 4) is 6.07 Å². The van der Waals surface area contributed by atoms with Gasteiger partial charge in [-0.15, -0.1) is 0 Å². The van der Waals surface area contributed by atoms with Gasteiger partial charge in [0, 0.05) is 30.1 Å². The molecule has 1 amide bonds. The second-order valence-electron chi connectivity index (χ2n) is 3.01. The number of hydrogen-bond donors (Lipinski definition) is 0. The standard InChI is InChI=1S/C9H16N2O2S/c1-3-7-14(13)8-9(12)11(2)6-4-5-10/h3-4,6-8H2,1-2H3. The Labute approximate surface area is 87.3 Å². The van der Waals surface area contributed by atoms with Crippen molar-refractivity contribution in [2.24, 2.45) is 0 Å². The topological polar surface area (TPSA) is 61.2 Å². The monoisotopic (exact) mass is 216 g/mol. The van der Waals surface area contributed by atoms with Gasteiger partial charge in [-0.05, 0) is 6.42 Å². The highest BCUT2D eigenvalue weighted by molar-refractivity contribution is 7.85. The number of rotatable bonds is 6. The maximum absolute atomic E-state index is 11.4. The molecule has 0 aliphatic heterocycles. The van der Waals surface area contributed by atoms with Crippen molar-refractivity contribution in [1.82, 2.24) is 4.90 Å². The zero-order valence-corrected chi connectivity index (χ0v) is 9.47. The molecular weight excluding hydrogens is 200 g/mol. The number of nitrogens with zero attached hydrogens (tertiary/aromatic N) is 2. The third-order valence-electron chi connectivity index (χ3n) is 1.70. The summed E-state index contributed by atoms with van der Waals surface area (Å²) < 4.78 is 11.2. The molecule has 0 radical (unpaired) electrons. The van der Waals surface area contributed by atoms with Crippen LogP contribution in [0.3, 0.4) is 0 Å². The molecule has 0 aliphatic rings. The Morgan fingerprint density at radius 2 is 2.21 bits per heavy atom. The lowest BCUT2D eigenvalue weighted by molar-refractivity contribution is -0.127. The van der Waals surface area contributed by atoms with E-state index in [9.17, 15) is 9.00 Å². The minimum absolute atomic E-state index is 0.0791. The van der Waals surface area contributed by atoms with Gasteiger partial charge in [0.15, 0.2) is 0 Å². The highest BCUT2D eigenvalue weighted by atomic mass is 32.2. The summed E-state index contributed by atoms with van der Waals surface area (Å²) in [5, 5.41) is 8.32. The van der Waals surface area contributed by atoms with E-state index in [1.54, 1.807) is 7.05 Å². The first-order valence-electron chi connectivity index (χ1n) is 4.57. The fourth-order valence-electron chi connectivity index (χ4n) is 0.890. The van der Waals surface area contributed by atoms with E-state index in [2.05, 4.69) is 0 Å². The number of carbonyl (C=O) groups excluding carboxylic acids is 1. The Balaban J connectivity index is 3.84.